The Hall–Kier alpha value is -2.00. The average molecular weight is 588 g/mol. The van der Waals surface area contributed by atoms with Gasteiger partial charge in [-0.15, -0.1) is 6.58 Å². The minimum Gasteiger partial charge on any atom is -0.508 e. The first-order valence-corrected chi connectivity index (χ1v) is 16.3. The molecule has 1 aromatic rings. The van der Waals surface area contributed by atoms with Crippen molar-refractivity contribution < 1.29 is 29.6 Å². The van der Waals surface area contributed by atoms with Crippen LogP contribution in [0.25, 0.3) is 0 Å². The molecule has 3 N–H and O–H groups in total. The van der Waals surface area contributed by atoms with Crippen molar-refractivity contribution in [2.24, 2.45) is 22.9 Å². The van der Waals surface area contributed by atoms with Crippen LogP contribution in [0.4, 0.5) is 0 Å². The molecule has 1 saturated carbocycles. The summed E-state index contributed by atoms with van der Waals surface area (Å²) in [4.78, 5) is 6.05. The molecule has 0 bridgehead atoms. The second-order valence-electron chi connectivity index (χ2n) is 12.4. The molecule has 2 aliphatic carbocycles. The summed E-state index contributed by atoms with van der Waals surface area (Å²) in [5, 5.41) is 34.6. The smallest absolute Gasteiger partial charge is 0.230 e. The number of rotatable bonds is 14. The first-order valence-electron chi connectivity index (χ1n) is 15.3. The molecule has 1 aromatic carbocycles. The van der Waals surface area contributed by atoms with E-state index in [2.05, 4.69) is 19.6 Å². The molecule has 7 nitrogen and oxygen atoms in total. The minimum absolute atomic E-state index is 0.00794. The number of benzene rings is 1. The van der Waals surface area contributed by atoms with E-state index in [4.69, 9.17) is 19.5 Å². The number of allylic oxidation sites excluding steroid dienone is 1. The Morgan fingerprint density at radius 1 is 1.15 bits per heavy atom. The predicted octanol–water partition coefficient (Wildman–Crippen LogP) is 6.58. The summed E-state index contributed by atoms with van der Waals surface area (Å²) in [5.74, 6) is 1.24. The van der Waals surface area contributed by atoms with Crippen molar-refractivity contribution in [1.29, 1.82) is 0 Å². The van der Waals surface area contributed by atoms with Crippen LogP contribution in [0.5, 0.6) is 11.5 Å². The van der Waals surface area contributed by atoms with Gasteiger partial charge in [0.25, 0.3) is 0 Å². The van der Waals surface area contributed by atoms with Crippen molar-refractivity contribution in [3.63, 3.8) is 0 Å². The van der Waals surface area contributed by atoms with Crippen LogP contribution in [-0.4, -0.2) is 63.2 Å². The van der Waals surface area contributed by atoms with Crippen molar-refractivity contribution in [3.8, 4) is 11.5 Å². The van der Waals surface area contributed by atoms with Crippen LogP contribution in [0.3, 0.4) is 0 Å². The summed E-state index contributed by atoms with van der Waals surface area (Å²) < 4.78 is 13.8. The molecule has 0 aromatic heterocycles. The van der Waals surface area contributed by atoms with Crippen LogP contribution < -0.4 is 4.74 Å². The van der Waals surface area contributed by atoms with Crippen molar-refractivity contribution in [2.75, 3.05) is 25.6 Å². The number of aromatic hydroxyl groups is 1. The molecule has 0 saturated heterocycles. The zero-order valence-electron chi connectivity index (χ0n) is 25.2. The molecule has 1 aliphatic heterocycles. The van der Waals surface area contributed by atoms with E-state index in [9.17, 15) is 15.3 Å². The van der Waals surface area contributed by atoms with Crippen LogP contribution in [0.2, 0.25) is 0 Å². The molecule has 6 unspecified atom stereocenters. The normalized spacial score (nSPS) is 29.8. The summed E-state index contributed by atoms with van der Waals surface area (Å²) >= 11 is 1.82. The Morgan fingerprint density at radius 2 is 1.88 bits per heavy atom. The van der Waals surface area contributed by atoms with Gasteiger partial charge in [0, 0.05) is 31.1 Å². The van der Waals surface area contributed by atoms with E-state index in [1.165, 1.54) is 0 Å². The maximum atomic E-state index is 10.7. The Morgan fingerprint density at radius 3 is 2.54 bits per heavy atom. The van der Waals surface area contributed by atoms with Crippen molar-refractivity contribution in [1.82, 2.24) is 0 Å². The third-order valence-electron chi connectivity index (χ3n) is 8.43. The van der Waals surface area contributed by atoms with Crippen molar-refractivity contribution in [3.05, 3.63) is 48.1 Å². The summed E-state index contributed by atoms with van der Waals surface area (Å²) in [5.41, 5.74) is 2.61. The number of fused-ring (bicyclic) bond motifs is 2. The molecule has 228 valence electrons. The Kier molecular flexibility index (Phi) is 10.9. The largest absolute Gasteiger partial charge is 0.508 e. The summed E-state index contributed by atoms with van der Waals surface area (Å²) in [6, 6.07) is 5.43. The fourth-order valence-corrected chi connectivity index (χ4v) is 8.05. The van der Waals surface area contributed by atoms with Crippen LogP contribution in [0.1, 0.15) is 84.1 Å². The first-order chi connectivity index (χ1) is 19.7. The van der Waals surface area contributed by atoms with Crippen molar-refractivity contribution >= 4 is 17.5 Å². The highest BCUT2D eigenvalue weighted by atomic mass is 32.2. The number of hydrogen-bond donors (Lipinski definition) is 3. The molecule has 1 fully saturated rings. The van der Waals surface area contributed by atoms with E-state index < -0.39 is 11.4 Å². The minimum atomic E-state index is -0.943. The SMILES string of the molecule is C=CCOC12Oc3ccc(O)cc3C3C(CCCCO)C(CCCCO)C=C(C(=NOC(C)(C)C)CC1SCC)C32. The molecular formula is C33H49NO6S. The number of phenols is 1. The molecular weight excluding hydrogens is 538 g/mol. The van der Waals surface area contributed by atoms with E-state index in [0.717, 1.165) is 66.9 Å². The number of phenolic OH excluding ortho intramolecular Hbond substituents is 1. The summed E-state index contributed by atoms with van der Waals surface area (Å²) in [6.45, 7) is 12.8. The number of aliphatic hydroxyl groups is 2. The molecule has 6 atom stereocenters. The molecule has 0 amide bonds. The second-order valence-corrected chi connectivity index (χ2v) is 13.9. The molecule has 4 rings (SSSR count). The highest BCUT2D eigenvalue weighted by Gasteiger charge is 2.63. The predicted molar refractivity (Wildman–Crippen MR) is 166 cm³/mol. The van der Waals surface area contributed by atoms with E-state index in [0.29, 0.717) is 13.0 Å². The number of oxime groups is 1. The lowest BCUT2D eigenvalue weighted by Gasteiger charge is -2.58. The summed E-state index contributed by atoms with van der Waals surface area (Å²) in [7, 11) is 0. The van der Waals surface area contributed by atoms with Crippen LogP contribution >= 0.6 is 11.8 Å². The highest BCUT2D eigenvalue weighted by Crippen LogP contribution is 2.62. The lowest BCUT2D eigenvalue weighted by molar-refractivity contribution is -0.223. The average Bonchev–Trinajstić information content (AvgIpc) is 2.93. The number of ether oxygens (including phenoxy) is 2. The molecule has 1 heterocycles. The number of nitrogens with zero attached hydrogens (tertiary/aromatic N) is 1. The topological polar surface area (TPSA) is 101 Å². The van der Waals surface area contributed by atoms with Gasteiger partial charge < -0.3 is 29.6 Å². The highest BCUT2D eigenvalue weighted by molar-refractivity contribution is 8.00. The lowest BCUT2D eigenvalue weighted by Crippen LogP contribution is -2.64. The molecule has 41 heavy (non-hydrogen) atoms. The maximum absolute atomic E-state index is 10.7. The number of thioether (sulfide) groups is 1. The fraction of sp³-hybridized carbons (Fsp3) is 0.667. The van der Waals surface area contributed by atoms with Gasteiger partial charge in [-0.1, -0.05) is 37.1 Å². The van der Waals surface area contributed by atoms with E-state index in [1.54, 1.807) is 12.1 Å². The van der Waals surface area contributed by atoms with Crippen LogP contribution in [0.15, 0.2) is 47.7 Å². The van der Waals surface area contributed by atoms with Gasteiger partial charge in [0.2, 0.25) is 5.79 Å². The van der Waals surface area contributed by atoms with E-state index in [-0.39, 0.29) is 47.9 Å². The Labute approximate surface area is 250 Å². The Balaban J connectivity index is 1.96. The van der Waals surface area contributed by atoms with Gasteiger partial charge in [0.15, 0.2) is 0 Å². The molecule has 3 aliphatic rings. The zero-order valence-corrected chi connectivity index (χ0v) is 26.0. The van der Waals surface area contributed by atoms with Gasteiger partial charge in [0.05, 0.1) is 23.5 Å². The number of hydrogen-bond acceptors (Lipinski definition) is 8. The van der Waals surface area contributed by atoms with E-state index >= 15 is 0 Å². The maximum Gasteiger partial charge on any atom is 0.230 e. The van der Waals surface area contributed by atoms with Gasteiger partial charge in [-0.2, -0.15) is 11.8 Å². The third-order valence-corrected chi connectivity index (χ3v) is 9.66. The molecule has 0 spiro atoms. The number of unbranched alkanes of at least 4 members (excludes halogenated alkanes) is 2. The van der Waals surface area contributed by atoms with Crippen LogP contribution in [-0.2, 0) is 9.57 Å². The van der Waals surface area contributed by atoms with Gasteiger partial charge >= 0.3 is 0 Å². The monoisotopic (exact) mass is 587 g/mol. The van der Waals surface area contributed by atoms with Gasteiger partial charge in [0.1, 0.15) is 17.1 Å². The fourth-order valence-electron chi connectivity index (χ4n) is 6.88. The van der Waals surface area contributed by atoms with Crippen LogP contribution in [0, 0.1) is 17.8 Å². The summed E-state index contributed by atoms with van der Waals surface area (Å²) in [6.07, 6.45) is 10.0. The zero-order chi connectivity index (χ0) is 29.6. The lowest BCUT2D eigenvalue weighted by atomic mass is 9.56. The van der Waals surface area contributed by atoms with Gasteiger partial charge in [-0.05, 0) is 87.8 Å². The van der Waals surface area contributed by atoms with Crippen molar-refractivity contribution in [2.45, 2.75) is 95.2 Å². The standard InChI is InChI=1S/C33H49NO6S/c1-6-18-38-33-29(41-7-2)21-27(34-40-32(3,4)5)25-19-22(12-8-10-16-35)24(13-9-11-17-36)30(31(25)33)26-20-23(37)14-15-28(26)39-33/h6,14-15,19-20,22,24,29-31,35-37H,1,7-13,16-18,21H2,2-5H3. The first kappa shape index (κ1) is 31.9. The second kappa shape index (κ2) is 14.0. The number of aliphatic hydroxyl groups excluding tert-OH is 2. The van der Waals surface area contributed by atoms with Gasteiger partial charge in [-0.3, -0.25) is 0 Å². The Bertz CT molecular complexity index is 1100. The molecule has 8 heteroatoms. The van der Waals surface area contributed by atoms with E-state index in [1.807, 2.05) is 44.7 Å². The van der Waals surface area contributed by atoms with Gasteiger partial charge in [-0.25, -0.2) is 0 Å². The molecule has 0 radical (unpaired) electrons. The third kappa shape index (κ3) is 6.98. The quantitative estimate of drug-likeness (QED) is 0.128.